The Labute approximate surface area is 69.3 Å². The van der Waals surface area contributed by atoms with E-state index in [1.54, 1.807) is 0 Å². The highest BCUT2D eigenvalue weighted by atomic mass is 16.1. The van der Waals surface area contributed by atoms with Gasteiger partial charge in [0.05, 0.1) is 17.1 Å². The zero-order valence-electron chi connectivity index (χ0n) is 6.37. The molecule has 1 amide bonds. The van der Waals surface area contributed by atoms with Crippen molar-refractivity contribution >= 4 is 23.0 Å². The van der Waals surface area contributed by atoms with Crippen molar-refractivity contribution in [2.24, 2.45) is 5.73 Å². The molecule has 0 heterocycles. The fourth-order valence-corrected chi connectivity index (χ4v) is 0.841. The molecule has 1 aromatic rings. The Morgan fingerprint density at radius 2 is 1.50 bits per heavy atom. The highest BCUT2D eigenvalue weighted by molar-refractivity contribution is 5.97. The molecule has 64 valence electrons. The summed E-state index contributed by atoms with van der Waals surface area (Å²) in [6, 6.07) is 2.79. The summed E-state index contributed by atoms with van der Waals surface area (Å²) in [6.07, 6.45) is 0. The molecule has 0 saturated heterocycles. The topological polar surface area (TPSA) is 121 Å². The van der Waals surface area contributed by atoms with Gasteiger partial charge in [0.25, 0.3) is 0 Å². The lowest BCUT2D eigenvalue weighted by Gasteiger charge is -2.05. The Bertz CT molecular complexity index is 311. The van der Waals surface area contributed by atoms with Gasteiger partial charge in [-0.25, -0.2) is 0 Å². The average molecular weight is 166 g/mol. The number of nitrogens with two attached hydrogens (primary N) is 4. The van der Waals surface area contributed by atoms with Gasteiger partial charge in [0.1, 0.15) is 0 Å². The smallest absolute Gasteiger partial charge is 0.248 e. The number of carbonyl (C=O) groups excluding carboxylic acids is 1. The molecule has 0 aliphatic carbocycles. The van der Waals surface area contributed by atoms with Crippen molar-refractivity contribution in [1.82, 2.24) is 0 Å². The summed E-state index contributed by atoms with van der Waals surface area (Å²) >= 11 is 0. The third-order valence-corrected chi connectivity index (χ3v) is 1.53. The summed E-state index contributed by atoms with van der Waals surface area (Å²) in [6.45, 7) is 0. The van der Waals surface area contributed by atoms with Crippen LogP contribution in [-0.4, -0.2) is 5.91 Å². The lowest BCUT2D eigenvalue weighted by molar-refractivity contribution is 0.100. The number of hydrogen-bond acceptors (Lipinski definition) is 4. The molecule has 0 aliphatic heterocycles. The zero-order chi connectivity index (χ0) is 9.30. The molecule has 0 bridgehead atoms. The van der Waals surface area contributed by atoms with E-state index in [1.807, 2.05) is 0 Å². The van der Waals surface area contributed by atoms with Gasteiger partial charge >= 0.3 is 0 Å². The summed E-state index contributed by atoms with van der Waals surface area (Å²) in [5.74, 6) is -0.576. The quantitative estimate of drug-likeness (QED) is 0.421. The highest BCUT2D eigenvalue weighted by Gasteiger charge is 2.06. The van der Waals surface area contributed by atoms with Crippen LogP contribution in [0.5, 0.6) is 0 Å². The van der Waals surface area contributed by atoms with E-state index in [0.29, 0.717) is 0 Å². The predicted molar refractivity (Wildman–Crippen MR) is 48.2 cm³/mol. The van der Waals surface area contributed by atoms with Crippen molar-refractivity contribution in [3.05, 3.63) is 17.7 Å². The number of anilines is 3. The van der Waals surface area contributed by atoms with Gasteiger partial charge in [-0.1, -0.05) is 0 Å². The number of hydrogen-bond donors (Lipinski definition) is 4. The first kappa shape index (κ1) is 8.19. The van der Waals surface area contributed by atoms with Crippen molar-refractivity contribution in [2.75, 3.05) is 17.2 Å². The van der Waals surface area contributed by atoms with Crippen LogP contribution in [0.4, 0.5) is 17.1 Å². The Hall–Kier alpha value is -1.91. The molecular weight excluding hydrogens is 156 g/mol. The Balaban J connectivity index is 3.31. The van der Waals surface area contributed by atoms with Gasteiger partial charge in [-0.3, -0.25) is 4.79 Å². The predicted octanol–water partition coefficient (Wildman–Crippen LogP) is -0.468. The first-order chi connectivity index (χ1) is 5.52. The van der Waals surface area contributed by atoms with Crippen LogP contribution in [0, 0.1) is 0 Å². The van der Waals surface area contributed by atoms with E-state index in [-0.39, 0.29) is 22.6 Å². The maximum Gasteiger partial charge on any atom is 0.248 e. The highest BCUT2D eigenvalue weighted by Crippen LogP contribution is 2.23. The third-order valence-electron chi connectivity index (χ3n) is 1.53. The minimum Gasteiger partial charge on any atom is -0.397 e. The van der Waals surface area contributed by atoms with Crippen LogP contribution in [0.25, 0.3) is 0 Å². The van der Waals surface area contributed by atoms with Crippen LogP contribution in [0.2, 0.25) is 0 Å². The average Bonchev–Trinajstić information content (AvgIpc) is 1.99. The molecule has 1 rings (SSSR count). The molecule has 0 spiro atoms. The molecule has 0 saturated carbocycles. The monoisotopic (exact) mass is 166 g/mol. The van der Waals surface area contributed by atoms with Crippen LogP contribution >= 0.6 is 0 Å². The van der Waals surface area contributed by atoms with Crippen LogP contribution in [0.15, 0.2) is 12.1 Å². The van der Waals surface area contributed by atoms with Gasteiger partial charge in [-0.15, -0.1) is 0 Å². The molecule has 8 N–H and O–H groups in total. The standard InChI is InChI=1S/C7H10N4O/c8-4-1-3(7(11)12)2-5(9)6(4)10/h1-2H,8-10H2,(H2,11,12). The van der Waals surface area contributed by atoms with Crippen LogP contribution in [0.3, 0.4) is 0 Å². The van der Waals surface area contributed by atoms with E-state index in [4.69, 9.17) is 22.9 Å². The third kappa shape index (κ3) is 1.24. The molecule has 5 heteroatoms. The second-order valence-electron chi connectivity index (χ2n) is 2.43. The summed E-state index contributed by atoms with van der Waals surface area (Å²) < 4.78 is 0. The molecule has 0 atom stereocenters. The van der Waals surface area contributed by atoms with Gasteiger partial charge in [0, 0.05) is 5.56 Å². The van der Waals surface area contributed by atoms with Crippen molar-refractivity contribution in [2.45, 2.75) is 0 Å². The zero-order valence-corrected chi connectivity index (χ0v) is 6.37. The maximum atomic E-state index is 10.7. The van der Waals surface area contributed by atoms with Crippen LogP contribution in [0.1, 0.15) is 10.4 Å². The molecule has 0 aromatic heterocycles. The Morgan fingerprint density at radius 1 is 1.08 bits per heavy atom. The van der Waals surface area contributed by atoms with Gasteiger partial charge < -0.3 is 22.9 Å². The van der Waals surface area contributed by atoms with Crippen molar-refractivity contribution in [1.29, 1.82) is 0 Å². The minimum absolute atomic E-state index is 0.263. The van der Waals surface area contributed by atoms with Crippen LogP contribution in [-0.2, 0) is 0 Å². The van der Waals surface area contributed by atoms with E-state index >= 15 is 0 Å². The van der Waals surface area contributed by atoms with Crippen molar-refractivity contribution in [3.63, 3.8) is 0 Å². The van der Waals surface area contributed by atoms with Gasteiger partial charge in [-0.05, 0) is 12.1 Å². The molecule has 0 unspecified atom stereocenters. The first-order valence-corrected chi connectivity index (χ1v) is 3.26. The molecule has 0 radical (unpaired) electrons. The van der Waals surface area contributed by atoms with E-state index < -0.39 is 5.91 Å². The van der Waals surface area contributed by atoms with E-state index in [1.165, 1.54) is 12.1 Å². The number of nitrogen functional groups attached to an aromatic ring is 3. The summed E-state index contributed by atoms with van der Waals surface area (Å²) in [4.78, 5) is 10.7. The van der Waals surface area contributed by atoms with Gasteiger partial charge in [0.15, 0.2) is 0 Å². The Morgan fingerprint density at radius 3 is 1.83 bits per heavy atom. The Kier molecular flexibility index (Phi) is 1.78. The van der Waals surface area contributed by atoms with Gasteiger partial charge in [-0.2, -0.15) is 0 Å². The summed E-state index contributed by atoms with van der Waals surface area (Å²) in [7, 11) is 0. The number of rotatable bonds is 1. The second kappa shape index (κ2) is 2.61. The van der Waals surface area contributed by atoms with E-state index in [2.05, 4.69) is 0 Å². The first-order valence-electron chi connectivity index (χ1n) is 3.26. The fourth-order valence-electron chi connectivity index (χ4n) is 0.841. The van der Waals surface area contributed by atoms with E-state index in [9.17, 15) is 4.79 Å². The van der Waals surface area contributed by atoms with Crippen molar-refractivity contribution in [3.8, 4) is 0 Å². The van der Waals surface area contributed by atoms with E-state index in [0.717, 1.165) is 0 Å². The molecule has 12 heavy (non-hydrogen) atoms. The minimum atomic E-state index is -0.576. The maximum absolute atomic E-state index is 10.7. The fraction of sp³-hybridized carbons (Fsp3) is 0. The second-order valence-corrected chi connectivity index (χ2v) is 2.43. The number of primary amides is 1. The van der Waals surface area contributed by atoms with Gasteiger partial charge in [0.2, 0.25) is 5.91 Å². The SMILES string of the molecule is NC(=O)c1cc(N)c(N)c(N)c1. The largest absolute Gasteiger partial charge is 0.397 e. The number of carbonyl (C=O) groups is 1. The molecule has 0 aliphatic rings. The molecule has 0 fully saturated rings. The normalized spacial score (nSPS) is 9.67. The van der Waals surface area contributed by atoms with Crippen LogP contribution < -0.4 is 22.9 Å². The molecule has 5 nitrogen and oxygen atoms in total. The summed E-state index contributed by atoms with van der Waals surface area (Å²) in [5, 5.41) is 0. The number of amides is 1. The van der Waals surface area contributed by atoms with Crippen molar-refractivity contribution < 1.29 is 4.79 Å². The number of benzene rings is 1. The molecule has 1 aromatic carbocycles. The lowest BCUT2D eigenvalue weighted by Crippen LogP contribution is -2.12. The lowest BCUT2D eigenvalue weighted by atomic mass is 10.1. The summed E-state index contributed by atoms with van der Waals surface area (Å²) in [5.41, 5.74) is 22.4. The molecular formula is C7H10N4O.